The van der Waals surface area contributed by atoms with Crippen molar-refractivity contribution in [3.63, 3.8) is 0 Å². The molecule has 4 nitrogen and oxygen atoms in total. The SMILES string of the molecule is CC(Nc1cc(F)c(N2CCOCC2)cc1F)C1CC2CCC1O2. The molecule has 1 aromatic rings. The van der Waals surface area contributed by atoms with Crippen molar-refractivity contribution < 1.29 is 18.3 Å². The highest BCUT2D eigenvalue weighted by atomic mass is 19.1. The smallest absolute Gasteiger partial charge is 0.148 e. The van der Waals surface area contributed by atoms with Crippen LogP contribution < -0.4 is 10.2 Å². The summed E-state index contributed by atoms with van der Waals surface area (Å²) in [6.07, 6.45) is 3.83. The van der Waals surface area contributed by atoms with Crippen molar-refractivity contribution in [2.45, 2.75) is 44.4 Å². The zero-order valence-corrected chi connectivity index (χ0v) is 13.9. The van der Waals surface area contributed by atoms with Gasteiger partial charge in [0.25, 0.3) is 0 Å². The van der Waals surface area contributed by atoms with Crippen molar-refractivity contribution in [1.82, 2.24) is 0 Å². The van der Waals surface area contributed by atoms with Crippen molar-refractivity contribution in [2.24, 2.45) is 5.92 Å². The Labute approximate surface area is 141 Å². The van der Waals surface area contributed by atoms with Crippen molar-refractivity contribution >= 4 is 11.4 Å². The minimum atomic E-state index is -0.409. The molecule has 3 aliphatic heterocycles. The summed E-state index contributed by atoms with van der Waals surface area (Å²) in [7, 11) is 0. The molecule has 132 valence electrons. The van der Waals surface area contributed by atoms with Crippen LogP contribution in [-0.4, -0.2) is 44.6 Å². The Kier molecular flexibility index (Phi) is 4.35. The summed E-state index contributed by atoms with van der Waals surface area (Å²) >= 11 is 0. The molecule has 0 aliphatic carbocycles. The maximum absolute atomic E-state index is 14.5. The summed E-state index contributed by atoms with van der Waals surface area (Å²) in [6, 6.07) is 2.64. The zero-order chi connectivity index (χ0) is 16.7. The van der Waals surface area contributed by atoms with E-state index in [0.717, 1.165) is 19.3 Å². The maximum atomic E-state index is 14.5. The van der Waals surface area contributed by atoms with Crippen LogP contribution in [-0.2, 0) is 9.47 Å². The van der Waals surface area contributed by atoms with Gasteiger partial charge in [-0.3, -0.25) is 0 Å². The third-order valence-electron chi connectivity index (χ3n) is 5.57. The van der Waals surface area contributed by atoms with Gasteiger partial charge in [0.1, 0.15) is 11.6 Å². The van der Waals surface area contributed by atoms with Crippen LogP contribution in [0.15, 0.2) is 12.1 Å². The lowest BCUT2D eigenvalue weighted by molar-refractivity contribution is 0.0905. The van der Waals surface area contributed by atoms with E-state index in [2.05, 4.69) is 5.32 Å². The van der Waals surface area contributed by atoms with Crippen molar-refractivity contribution in [1.29, 1.82) is 0 Å². The van der Waals surface area contributed by atoms with E-state index in [4.69, 9.17) is 9.47 Å². The molecule has 1 N–H and O–H groups in total. The van der Waals surface area contributed by atoms with Crippen LogP contribution in [0.5, 0.6) is 0 Å². The van der Waals surface area contributed by atoms with Gasteiger partial charge in [-0.15, -0.1) is 0 Å². The van der Waals surface area contributed by atoms with E-state index in [-0.39, 0.29) is 17.8 Å². The van der Waals surface area contributed by atoms with Crippen LogP contribution >= 0.6 is 0 Å². The highest BCUT2D eigenvalue weighted by Gasteiger charge is 2.43. The average molecular weight is 338 g/mol. The van der Waals surface area contributed by atoms with Gasteiger partial charge in [0.05, 0.1) is 36.8 Å². The summed E-state index contributed by atoms with van der Waals surface area (Å²) in [4.78, 5) is 1.83. The number of morpholine rings is 1. The molecular weight excluding hydrogens is 314 g/mol. The van der Waals surface area contributed by atoms with E-state index in [1.165, 1.54) is 12.1 Å². The second-order valence-electron chi connectivity index (χ2n) is 7.09. The second-order valence-corrected chi connectivity index (χ2v) is 7.09. The fourth-order valence-electron chi connectivity index (χ4n) is 4.25. The van der Waals surface area contributed by atoms with E-state index in [1.54, 1.807) is 0 Å². The minimum absolute atomic E-state index is 0.0587. The standard InChI is InChI=1S/C18H24F2N2O2/c1-11(13-8-12-2-3-18(13)24-12)21-16-9-15(20)17(10-14(16)19)22-4-6-23-7-5-22/h9-13,18,21H,2-8H2,1H3. The molecule has 6 heteroatoms. The molecule has 3 fully saturated rings. The van der Waals surface area contributed by atoms with Crippen LogP contribution in [0.3, 0.4) is 0 Å². The summed E-state index contributed by atoms with van der Waals surface area (Å²) in [5, 5.41) is 3.17. The van der Waals surface area contributed by atoms with E-state index < -0.39 is 11.6 Å². The molecular formula is C18H24F2N2O2. The maximum Gasteiger partial charge on any atom is 0.148 e. The third-order valence-corrected chi connectivity index (χ3v) is 5.57. The van der Waals surface area contributed by atoms with Gasteiger partial charge < -0.3 is 19.7 Å². The molecule has 4 atom stereocenters. The molecule has 24 heavy (non-hydrogen) atoms. The molecule has 0 amide bonds. The Balaban J connectivity index is 1.48. The first-order chi connectivity index (χ1) is 11.6. The lowest BCUT2D eigenvalue weighted by atomic mass is 9.84. The van der Waals surface area contributed by atoms with Crippen molar-refractivity contribution in [3.05, 3.63) is 23.8 Å². The molecule has 3 heterocycles. The first kappa shape index (κ1) is 16.1. The monoisotopic (exact) mass is 338 g/mol. The number of anilines is 2. The molecule has 3 saturated heterocycles. The number of fused-ring (bicyclic) bond motifs is 2. The Morgan fingerprint density at radius 1 is 1.17 bits per heavy atom. The fourth-order valence-corrected chi connectivity index (χ4v) is 4.25. The topological polar surface area (TPSA) is 33.7 Å². The number of hydrogen-bond acceptors (Lipinski definition) is 4. The summed E-state index contributed by atoms with van der Waals surface area (Å²) in [5.74, 6) is -0.434. The first-order valence-electron chi connectivity index (χ1n) is 8.85. The van der Waals surface area contributed by atoms with E-state index in [1.807, 2.05) is 11.8 Å². The highest BCUT2D eigenvalue weighted by Crippen LogP contribution is 2.41. The van der Waals surface area contributed by atoms with Crippen LogP contribution in [0.4, 0.5) is 20.2 Å². The predicted octanol–water partition coefficient (Wildman–Crippen LogP) is 3.17. The Bertz CT molecular complexity index is 607. The first-order valence-corrected chi connectivity index (χ1v) is 8.85. The minimum Gasteiger partial charge on any atom is -0.380 e. The van der Waals surface area contributed by atoms with Gasteiger partial charge in [-0.2, -0.15) is 0 Å². The number of ether oxygens (including phenoxy) is 2. The van der Waals surface area contributed by atoms with Crippen molar-refractivity contribution in [2.75, 3.05) is 36.5 Å². The molecule has 2 bridgehead atoms. The molecule has 0 radical (unpaired) electrons. The van der Waals surface area contributed by atoms with E-state index in [0.29, 0.717) is 44.0 Å². The van der Waals surface area contributed by atoms with Gasteiger partial charge in [-0.25, -0.2) is 8.78 Å². The molecule has 4 rings (SSSR count). The fraction of sp³-hybridized carbons (Fsp3) is 0.667. The molecule has 0 saturated carbocycles. The largest absolute Gasteiger partial charge is 0.380 e. The molecule has 1 aromatic carbocycles. The van der Waals surface area contributed by atoms with E-state index >= 15 is 0 Å². The van der Waals surface area contributed by atoms with Crippen LogP contribution in [0, 0.1) is 17.6 Å². The highest BCUT2D eigenvalue weighted by molar-refractivity contribution is 5.58. The van der Waals surface area contributed by atoms with Gasteiger partial charge in [-0.1, -0.05) is 0 Å². The van der Waals surface area contributed by atoms with Crippen LogP contribution in [0.25, 0.3) is 0 Å². The Hall–Kier alpha value is -1.40. The number of rotatable bonds is 4. The number of nitrogens with zero attached hydrogens (tertiary/aromatic N) is 1. The van der Waals surface area contributed by atoms with Gasteiger partial charge in [0, 0.05) is 37.2 Å². The predicted molar refractivity (Wildman–Crippen MR) is 88.5 cm³/mol. The van der Waals surface area contributed by atoms with Crippen molar-refractivity contribution in [3.8, 4) is 0 Å². The number of benzene rings is 1. The average Bonchev–Trinajstić information content (AvgIpc) is 3.22. The van der Waals surface area contributed by atoms with Crippen LogP contribution in [0.1, 0.15) is 26.2 Å². The van der Waals surface area contributed by atoms with Gasteiger partial charge in [-0.05, 0) is 26.2 Å². The molecule has 0 aromatic heterocycles. The van der Waals surface area contributed by atoms with Gasteiger partial charge >= 0.3 is 0 Å². The lowest BCUT2D eigenvalue weighted by Crippen LogP contribution is -2.37. The number of halogens is 2. The zero-order valence-electron chi connectivity index (χ0n) is 13.9. The van der Waals surface area contributed by atoms with Crippen LogP contribution in [0.2, 0.25) is 0 Å². The third kappa shape index (κ3) is 2.97. The normalized spacial score (nSPS) is 30.6. The Morgan fingerprint density at radius 3 is 2.62 bits per heavy atom. The Morgan fingerprint density at radius 2 is 1.96 bits per heavy atom. The number of hydrogen-bond donors (Lipinski definition) is 1. The summed E-state index contributed by atoms with van der Waals surface area (Å²) in [5.41, 5.74) is 0.553. The van der Waals surface area contributed by atoms with Gasteiger partial charge in [0.15, 0.2) is 0 Å². The summed E-state index contributed by atoms with van der Waals surface area (Å²) in [6.45, 7) is 4.29. The van der Waals surface area contributed by atoms with Gasteiger partial charge in [0.2, 0.25) is 0 Å². The lowest BCUT2D eigenvalue weighted by Gasteiger charge is -2.30. The second kappa shape index (κ2) is 6.48. The molecule has 3 aliphatic rings. The van der Waals surface area contributed by atoms with E-state index in [9.17, 15) is 8.78 Å². The quantitative estimate of drug-likeness (QED) is 0.914. The number of nitrogens with one attached hydrogen (secondary N) is 1. The summed E-state index contributed by atoms with van der Waals surface area (Å²) < 4.78 is 40.1. The molecule has 4 unspecified atom stereocenters. The molecule has 0 spiro atoms.